The molecule has 3 aromatic carbocycles. The van der Waals surface area contributed by atoms with Crippen molar-refractivity contribution in [1.82, 2.24) is 10.2 Å². The smallest absolute Gasteiger partial charge is 0.262 e. The molecule has 1 aliphatic heterocycles. The summed E-state index contributed by atoms with van der Waals surface area (Å²) in [5.41, 5.74) is 3.17. The number of methoxy groups -OCH3 is 1. The van der Waals surface area contributed by atoms with Gasteiger partial charge in [0.15, 0.2) is 6.61 Å². The molecule has 0 unspecified atom stereocenters. The second-order valence-corrected chi connectivity index (χ2v) is 8.08. The Morgan fingerprint density at radius 2 is 1.71 bits per heavy atom. The van der Waals surface area contributed by atoms with Crippen LogP contribution in [0.15, 0.2) is 72.8 Å². The Hall–Kier alpha value is -4.17. The first-order valence-electron chi connectivity index (χ1n) is 11.5. The zero-order chi connectivity index (χ0) is 24.0. The molecule has 35 heavy (non-hydrogen) atoms. The van der Waals surface area contributed by atoms with E-state index in [1.807, 2.05) is 72.8 Å². The molecule has 0 atom stereocenters. The van der Waals surface area contributed by atoms with Crippen LogP contribution >= 0.6 is 0 Å². The average Bonchev–Trinajstić information content (AvgIpc) is 2.92. The van der Waals surface area contributed by atoms with E-state index in [1.165, 1.54) is 0 Å². The van der Waals surface area contributed by atoms with Gasteiger partial charge < -0.3 is 24.4 Å². The van der Waals surface area contributed by atoms with Crippen LogP contribution in [0.5, 0.6) is 11.6 Å². The fourth-order valence-corrected chi connectivity index (χ4v) is 4.16. The molecule has 0 spiro atoms. The van der Waals surface area contributed by atoms with Crippen LogP contribution in [0.25, 0.3) is 22.0 Å². The number of hydrogen-bond donors (Lipinski definition) is 1. The van der Waals surface area contributed by atoms with Gasteiger partial charge in [0.05, 0.1) is 31.7 Å². The fraction of sp³-hybridized carbons (Fsp3) is 0.222. The van der Waals surface area contributed by atoms with Gasteiger partial charge in [-0.3, -0.25) is 4.79 Å². The number of hydrogen-bond acceptors (Lipinski definition) is 7. The summed E-state index contributed by atoms with van der Waals surface area (Å²) in [6, 6.07) is 23.1. The van der Waals surface area contributed by atoms with E-state index in [-0.39, 0.29) is 12.5 Å². The molecule has 1 aromatic heterocycles. The van der Waals surface area contributed by atoms with E-state index in [1.54, 1.807) is 7.11 Å². The molecular weight excluding hydrogens is 444 g/mol. The van der Waals surface area contributed by atoms with Gasteiger partial charge in [0.25, 0.3) is 5.91 Å². The number of amides is 1. The Morgan fingerprint density at radius 1 is 0.971 bits per heavy atom. The van der Waals surface area contributed by atoms with Gasteiger partial charge in [0.1, 0.15) is 11.4 Å². The fourth-order valence-electron chi connectivity index (χ4n) is 4.16. The number of nitrogens with zero attached hydrogens (tertiary/aromatic N) is 3. The molecule has 1 saturated heterocycles. The van der Waals surface area contributed by atoms with Gasteiger partial charge in [-0.05, 0) is 30.3 Å². The Kier molecular flexibility index (Phi) is 6.72. The summed E-state index contributed by atoms with van der Waals surface area (Å²) >= 11 is 0. The van der Waals surface area contributed by atoms with E-state index in [0.717, 1.165) is 35.1 Å². The van der Waals surface area contributed by atoms with Crippen LogP contribution in [0.3, 0.4) is 0 Å². The Labute approximate surface area is 203 Å². The molecule has 4 aromatic rings. The second-order valence-electron chi connectivity index (χ2n) is 8.08. The molecule has 0 saturated carbocycles. The van der Waals surface area contributed by atoms with Crippen molar-refractivity contribution in [2.75, 3.05) is 50.2 Å². The van der Waals surface area contributed by atoms with E-state index in [2.05, 4.69) is 20.4 Å². The minimum atomic E-state index is -0.244. The number of carbonyl (C=O) groups is 1. The second kappa shape index (κ2) is 10.4. The Morgan fingerprint density at radius 3 is 2.49 bits per heavy atom. The predicted molar refractivity (Wildman–Crippen MR) is 135 cm³/mol. The van der Waals surface area contributed by atoms with Crippen LogP contribution in [0, 0.1) is 0 Å². The van der Waals surface area contributed by atoms with Crippen molar-refractivity contribution in [3.05, 3.63) is 72.8 Å². The zero-order valence-corrected chi connectivity index (χ0v) is 19.4. The van der Waals surface area contributed by atoms with Gasteiger partial charge in [-0.15, -0.1) is 10.2 Å². The highest BCUT2D eigenvalue weighted by atomic mass is 16.5. The van der Waals surface area contributed by atoms with Gasteiger partial charge in [-0.2, -0.15) is 0 Å². The minimum absolute atomic E-state index is 0.0952. The van der Waals surface area contributed by atoms with E-state index < -0.39 is 0 Å². The minimum Gasteiger partial charge on any atom is -0.484 e. The topological polar surface area (TPSA) is 85.8 Å². The molecular formula is C27H26N4O4. The van der Waals surface area contributed by atoms with Crippen LogP contribution < -0.4 is 19.7 Å². The molecule has 1 aliphatic rings. The van der Waals surface area contributed by atoms with Gasteiger partial charge in [0.2, 0.25) is 5.88 Å². The zero-order valence-electron chi connectivity index (χ0n) is 19.4. The first-order chi connectivity index (χ1) is 17.2. The van der Waals surface area contributed by atoms with Crippen molar-refractivity contribution in [3.8, 4) is 22.9 Å². The molecule has 1 N–H and O–H groups in total. The summed E-state index contributed by atoms with van der Waals surface area (Å²) in [6.45, 7) is 2.67. The van der Waals surface area contributed by atoms with Crippen LogP contribution in [-0.2, 0) is 9.53 Å². The lowest BCUT2D eigenvalue weighted by Gasteiger charge is -2.30. The van der Waals surface area contributed by atoms with Crippen molar-refractivity contribution >= 4 is 28.1 Å². The number of nitrogens with one attached hydrogen (secondary N) is 1. The Bertz CT molecular complexity index is 1320. The third kappa shape index (κ3) is 5.02. The molecule has 8 heteroatoms. The molecule has 5 rings (SSSR count). The summed E-state index contributed by atoms with van der Waals surface area (Å²) in [5, 5.41) is 13.5. The maximum absolute atomic E-state index is 12.8. The van der Waals surface area contributed by atoms with Crippen LogP contribution in [0.4, 0.5) is 11.4 Å². The molecule has 178 valence electrons. The SMILES string of the molecule is COc1nnc(-c2ccc(N3CCOCC3)c(NC(=O)COc3ccccc3)c2)c2ccccc12. The van der Waals surface area contributed by atoms with Crippen LogP contribution in [0.1, 0.15) is 0 Å². The highest BCUT2D eigenvalue weighted by Gasteiger charge is 2.19. The normalized spacial score (nSPS) is 13.5. The molecule has 1 amide bonds. The quantitative estimate of drug-likeness (QED) is 0.434. The highest BCUT2D eigenvalue weighted by molar-refractivity contribution is 6.00. The molecule has 8 nitrogen and oxygen atoms in total. The van der Waals surface area contributed by atoms with Gasteiger partial charge in [-0.1, -0.05) is 42.5 Å². The Balaban J connectivity index is 1.48. The first kappa shape index (κ1) is 22.6. The lowest BCUT2D eigenvalue weighted by molar-refractivity contribution is -0.118. The third-order valence-electron chi connectivity index (χ3n) is 5.86. The number of ether oxygens (including phenoxy) is 3. The van der Waals surface area contributed by atoms with E-state index in [4.69, 9.17) is 14.2 Å². The molecule has 0 bridgehead atoms. The first-order valence-corrected chi connectivity index (χ1v) is 11.5. The molecule has 0 aliphatic carbocycles. The number of fused-ring (bicyclic) bond motifs is 1. The number of para-hydroxylation sites is 1. The van der Waals surface area contributed by atoms with Gasteiger partial charge in [-0.25, -0.2) is 0 Å². The van der Waals surface area contributed by atoms with Crippen LogP contribution in [-0.4, -0.2) is 56.1 Å². The van der Waals surface area contributed by atoms with E-state index >= 15 is 0 Å². The van der Waals surface area contributed by atoms with Crippen molar-refractivity contribution in [2.45, 2.75) is 0 Å². The van der Waals surface area contributed by atoms with Gasteiger partial charge >= 0.3 is 0 Å². The third-order valence-corrected chi connectivity index (χ3v) is 5.86. The summed E-state index contributed by atoms with van der Waals surface area (Å²) in [4.78, 5) is 15.0. The number of rotatable bonds is 7. The monoisotopic (exact) mass is 470 g/mol. The lowest BCUT2D eigenvalue weighted by atomic mass is 10.0. The molecule has 0 radical (unpaired) electrons. The maximum Gasteiger partial charge on any atom is 0.262 e. The highest BCUT2D eigenvalue weighted by Crippen LogP contribution is 2.35. The number of anilines is 2. The summed E-state index contributed by atoms with van der Waals surface area (Å²) in [7, 11) is 1.58. The van der Waals surface area contributed by atoms with Crippen molar-refractivity contribution in [2.24, 2.45) is 0 Å². The summed E-state index contributed by atoms with van der Waals surface area (Å²) in [5.74, 6) is 0.872. The van der Waals surface area contributed by atoms with Crippen LogP contribution in [0.2, 0.25) is 0 Å². The van der Waals surface area contributed by atoms with Gasteiger partial charge in [0, 0.05) is 29.4 Å². The van der Waals surface area contributed by atoms with Crippen molar-refractivity contribution in [3.63, 3.8) is 0 Å². The number of aromatic nitrogens is 2. The summed E-state index contributed by atoms with van der Waals surface area (Å²) in [6.07, 6.45) is 0. The predicted octanol–water partition coefficient (Wildman–Crippen LogP) is 4.16. The average molecular weight is 471 g/mol. The largest absolute Gasteiger partial charge is 0.484 e. The maximum atomic E-state index is 12.8. The standard InChI is InChI=1S/C27H26N4O4/c1-33-27-22-10-6-5-9-21(22)26(29-30-27)19-11-12-24(31-13-15-34-16-14-31)23(17-19)28-25(32)18-35-20-7-3-2-4-8-20/h2-12,17H,13-16,18H2,1H3,(H,28,32). The van der Waals surface area contributed by atoms with E-state index in [0.29, 0.717) is 36.2 Å². The lowest BCUT2D eigenvalue weighted by Crippen LogP contribution is -2.37. The van der Waals surface area contributed by atoms with Crippen molar-refractivity contribution in [1.29, 1.82) is 0 Å². The number of benzene rings is 3. The number of morpholine rings is 1. The number of carbonyl (C=O) groups excluding carboxylic acids is 1. The molecule has 2 heterocycles. The van der Waals surface area contributed by atoms with E-state index in [9.17, 15) is 4.79 Å². The molecule has 1 fully saturated rings. The van der Waals surface area contributed by atoms with Crippen molar-refractivity contribution < 1.29 is 19.0 Å². The summed E-state index contributed by atoms with van der Waals surface area (Å²) < 4.78 is 16.5.